The Bertz CT molecular complexity index is 659. The Morgan fingerprint density at radius 2 is 2.16 bits per heavy atom. The van der Waals surface area contributed by atoms with Gasteiger partial charge in [0.05, 0.1) is 5.69 Å². The number of nitrogen functional groups attached to an aromatic ring is 1. The molecule has 5 nitrogen and oxygen atoms in total. The zero-order chi connectivity index (χ0) is 13.6. The van der Waals surface area contributed by atoms with Crippen molar-refractivity contribution < 1.29 is 4.79 Å². The van der Waals surface area contributed by atoms with E-state index in [-0.39, 0.29) is 5.91 Å². The molecule has 0 bridgehead atoms. The molecule has 98 valence electrons. The van der Waals surface area contributed by atoms with Crippen molar-refractivity contribution in [2.45, 2.75) is 13.3 Å². The van der Waals surface area contributed by atoms with E-state index in [9.17, 15) is 4.79 Å². The fourth-order valence-corrected chi connectivity index (χ4v) is 2.56. The average Bonchev–Trinajstić information content (AvgIpc) is 2.91. The third-order valence-corrected chi connectivity index (χ3v) is 3.47. The summed E-state index contributed by atoms with van der Waals surface area (Å²) in [5, 5.41) is 4.22. The molecular formula is C14H16N4O. The minimum atomic E-state index is -0.0209. The first-order chi connectivity index (χ1) is 9.06. The predicted molar refractivity (Wildman–Crippen MR) is 74.2 cm³/mol. The summed E-state index contributed by atoms with van der Waals surface area (Å²) in [5.41, 5.74) is 10.0. The Labute approximate surface area is 111 Å². The van der Waals surface area contributed by atoms with E-state index in [4.69, 9.17) is 5.73 Å². The zero-order valence-corrected chi connectivity index (χ0v) is 11.1. The molecular weight excluding hydrogens is 240 g/mol. The quantitative estimate of drug-likeness (QED) is 0.787. The molecule has 1 aliphatic heterocycles. The van der Waals surface area contributed by atoms with Crippen LogP contribution in [0, 0.1) is 6.92 Å². The number of hydrogen-bond acceptors (Lipinski definition) is 3. The molecule has 1 aliphatic rings. The van der Waals surface area contributed by atoms with Crippen molar-refractivity contribution in [2.75, 3.05) is 17.2 Å². The standard InChI is InChI=1S/C14H16N4O/c1-9-7-13(17(2)16-9)14(19)18-6-5-10-3-4-11(15)8-12(10)18/h3-4,7-8H,5-6,15H2,1-2H3. The molecule has 0 spiro atoms. The lowest BCUT2D eigenvalue weighted by Gasteiger charge is -2.17. The van der Waals surface area contributed by atoms with E-state index in [2.05, 4.69) is 5.10 Å². The van der Waals surface area contributed by atoms with Crippen molar-refractivity contribution in [2.24, 2.45) is 7.05 Å². The summed E-state index contributed by atoms with van der Waals surface area (Å²) in [6, 6.07) is 7.55. The molecule has 0 fully saturated rings. The van der Waals surface area contributed by atoms with Gasteiger partial charge in [-0.2, -0.15) is 5.10 Å². The van der Waals surface area contributed by atoms with Gasteiger partial charge in [-0.15, -0.1) is 0 Å². The molecule has 1 aromatic carbocycles. The topological polar surface area (TPSA) is 64.2 Å². The summed E-state index contributed by atoms with van der Waals surface area (Å²) < 4.78 is 1.63. The molecule has 2 N–H and O–H groups in total. The van der Waals surface area contributed by atoms with Crippen LogP contribution in [0.5, 0.6) is 0 Å². The highest BCUT2D eigenvalue weighted by molar-refractivity contribution is 6.06. The van der Waals surface area contributed by atoms with Crippen LogP contribution in [-0.4, -0.2) is 22.2 Å². The first-order valence-corrected chi connectivity index (χ1v) is 6.27. The summed E-state index contributed by atoms with van der Waals surface area (Å²) in [5.74, 6) is -0.0209. The van der Waals surface area contributed by atoms with Crippen LogP contribution in [0.25, 0.3) is 0 Å². The molecule has 0 radical (unpaired) electrons. The van der Waals surface area contributed by atoms with Gasteiger partial charge in [-0.1, -0.05) is 6.07 Å². The number of carbonyl (C=O) groups excluding carboxylic acids is 1. The summed E-state index contributed by atoms with van der Waals surface area (Å²) >= 11 is 0. The van der Waals surface area contributed by atoms with Crippen molar-refractivity contribution in [3.05, 3.63) is 41.2 Å². The number of carbonyl (C=O) groups is 1. The van der Waals surface area contributed by atoms with Crippen LogP contribution in [-0.2, 0) is 13.5 Å². The van der Waals surface area contributed by atoms with Gasteiger partial charge in [0, 0.05) is 25.0 Å². The predicted octanol–water partition coefficient (Wildman–Crippen LogP) is 1.51. The van der Waals surface area contributed by atoms with Crippen molar-refractivity contribution in [3.8, 4) is 0 Å². The van der Waals surface area contributed by atoms with Crippen LogP contribution in [0.15, 0.2) is 24.3 Å². The van der Waals surface area contributed by atoms with Crippen LogP contribution in [0.4, 0.5) is 11.4 Å². The number of nitrogens with zero attached hydrogens (tertiary/aromatic N) is 3. The summed E-state index contributed by atoms with van der Waals surface area (Å²) in [7, 11) is 1.79. The smallest absolute Gasteiger partial charge is 0.276 e. The van der Waals surface area contributed by atoms with E-state index in [1.165, 1.54) is 5.56 Å². The molecule has 0 atom stereocenters. The highest BCUT2D eigenvalue weighted by Crippen LogP contribution is 2.31. The molecule has 3 rings (SSSR count). The first-order valence-electron chi connectivity index (χ1n) is 6.27. The molecule has 1 amide bonds. The summed E-state index contributed by atoms with van der Waals surface area (Å²) in [4.78, 5) is 14.4. The van der Waals surface area contributed by atoms with E-state index in [1.807, 2.05) is 31.2 Å². The van der Waals surface area contributed by atoms with E-state index in [0.29, 0.717) is 17.9 Å². The van der Waals surface area contributed by atoms with Gasteiger partial charge in [0.25, 0.3) is 5.91 Å². The van der Waals surface area contributed by atoms with Crippen molar-refractivity contribution in [1.82, 2.24) is 9.78 Å². The molecule has 5 heteroatoms. The highest BCUT2D eigenvalue weighted by Gasteiger charge is 2.27. The second-order valence-electron chi connectivity index (χ2n) is 4.89. The summed E-state index contributed by atoms with van der Waals surface area (Å²) in [6.45, 7) is 2.58. The van der Waals surface area contributed by atoms with E-state index < -0.39 is 0 Å². The number of aromatic nitrogens is 2. The minimum absolute atomic E-state index is 0.0209. The lowest BCUT2D eigenvalue weighted by atomic mass is 10.1. The Morgan fingerprint density at radius 1 is 1.37 bits per heavy atom. The normalized spacial score (nSPS) is 13.7. The Morgan fingerprint density at radius 3 is 2.84 bits per heavy atom. The zero-order valence-electron chi connectivity index (χ0n) is 11.1. The lowest BCUT2D eigenvalue weighted by Crippen LogP contribution is -2.30. The molecule has 0 saturated carbocycles. The second kappa shape index (κ2) is 4.12. The number of rotatable bonds is 1. The van der Waals surface area contributed by atoms with Gasteiger partial charge in [-0.25, -0.2) is 0 Å². The molecule has 2 heterocycles. The second-order valence-corrected chi connectivity index (χ2v) is 4.89. The maximum absolute atomic E-state index is 12.6. The van der Waals surface area contributed by atoms with Gasteiger partial charge in [0.1, 0.15) is 5.69 Å². The minimum Gasteiger partial charge on any atom is -0.399 e. The Balaban J connectivity index is 2.00. The average molecular weight is 256 g/mol. The third-order valence-electron chi connectivity index (χ3n) is 3.47. The molecule has 0 unspecified atom stereocenters. The fraction of sp³-hybridized carbons (Fsp3) is 0.286. The van der Waals surface area contributed by atoms with Gasteiger partial charge < -0.3 is 10.6 Å². The number of fused-ring (bicyclic) bond motifs is 1. The number of anilines is 2. The highest BCUT2D eigenvalue weighted by atomic mass is 16.2. The van der Waals surface area contributed by atoms with E-state index >= 15 is 0 Å². The first kappa shape index (κ1) is 11.8. The summed E-state index contributed by atoms with van der Waals surface area (Å²) in [6.07, 6.45) is 0.873. The van der Waals surface area contributed by atoms with E-state index in [0.717, 1.165) is 17.8 Å². The number of benzene rings is 1. The van der Waals surface area contributed by atoms with Gasteiger partial charge in [0.2, 0.25) is 0 Å². The molecule has 0 aliphatic carbocycles. The molecule has 1 aromatic heterocycles. The number of amides is 1. The number of aryl methyl sites for hydroxylation is 2. The molecule has 0 saturated heterocycles. The van der Waals surface area contributed by atoms with Gasteiger partial charge in [0.15, 0.2) is 0 Å². The lowest BCUT2D eigenvalue weighted by molar-refractivity contribution is 0.0980. The van der Waals surface area contributed by atoms with Crippen molar-refractivity contribution in [1.29, 1.82) is 0 Å². The number of nitrogens with two attached hydrogens (primary N) is 1. The maximum Gasteiger partial charge on any atom is 0.276 e. The van der Waals surface area contributed by atoms with Crippen LogP contribution in [0.1, 0.15) is 21.7 Å². The van der Waals surface area contributed by atoms with Crippen LogP contribution in [0.3, 0.4) is 0 Å². The largest absolute Gasteiger partial charge is 0.399 e. The van der Waals surface area contributed by atoms with Crippen molar-refractivity contribution in [3.63, 3.8) is 0 Å². The van der Waals surface area contributed by atoms with Gasteiger partial charge >= 0.3 is 0 Å². The van der Waals surface area contributed by atoms with Crippen LogP contribution < -0.4 is 10.6 Å². The van der Waals surface area contributed by atoms with Crippen LogP contribution in [0.2, 0.25) is 0 Å². The maximum atomic E-state index is 12.6. The fourth-order valence-electron chi connectivity index (χ4n) is 2.56. The van der Waals surface area contributed by atoms with Gasteiger partial charge in [-0.05, 0) is 37.1 Å². The number of hydrogen-bond donors (Lipinski definition) is 1. The Hall–Kier alpha value is -2.30. The van der Waals surface area contributed by atoms with Gasteiger partial charge in [-0.3, -0.25) is 9.48 Å². The molecule has 2 aromatic rings. The monoisotopic (exact) mass is 256 g/mol. The van der Waals surface area contributed by atoms with E-state index in [1.54, 1.807) is 16.6 Å². The SMILES string of the molecule is Cc1cc(C(=O)N2CCc3ccc(N)cc32)n(C)n1. The van der Waals surface area contributed by atoms with Crippen molar-refractivity contribution >= 4 is 17.3 Å². The molecule has 19 heavy (non-hydrogen) atoms. The Kier molecular flexibility index (Phi) is 2.55. The van der Waals surface area contributed by atoms with Crippen LogP contribution >= 0.6 is 0 Å². The third kappa shape index (κ3) is 1.87.